The van der Waals surface area contributed by atoms with Gasteiger partial charge in [0.05, 0.1) is 7.11 Å². The number of hydrogen-bond acceptors (Lipinski definition) is 3. The Hall–Kier alpha value is -2.69. The molecular formula is C17H17NO4. The Morgan fingerprint density at radius 2 is 1.95 bits per heavy atom. The Kier molecular flexibility index (Phi) is 3.63. The molecule has 5 nitrogen and oxygen atoms in total. The molecule has 22 heavy (non-hydrogen) atoms. The van der Waals surface area contributed by atoms with Gasteiger partial charge < -0.3 is 14.6 Å². The number of benzene rings is 2. The molecule has 2 aromatic rings. The number of rotatable bonds is 3. The van der Waals surface area contributed by atoms with Gasteiger partial charge in [-0.2, -0.15) is 0 Å². The van der Waals surface area contributed by atoms with E-state index in [1.165, 1.54) is 11.9 Å². The fourth-order valence-electron chi connectivity index (χ4n) is 2.67. The van der Waals surface area contributed by atoms with Crippen molar-refractivity contribution >= 4 is 6.09 Å². The number of nitrogens with zero attached hydrogens (tertiary/aromatic N) is 1. The van der Waals surface area contributed by atoms with Gasteiger partial charge in [-0.1, -0.05) is 36.4 Å². The van der Waals surface area contributed by atoms with Gasteiger partial charge in [-0.25, -0.2) is 4.79 Å². The molecule has 0 saturated carbocycles. The Morgan fingerprint density at radius 3 is 2.68 bits per heavy atom. The number of fused-ring (bicyclic) bond motifs is 1. The summed E-state index contributed by atoms with van der Waals surface area (Å²) in [6.07, 6.45) is -0.957. The Labute approximate surface area is 128 Å². The average Bonchev–Trinajstić information content (AvgIpc) is 2.97. The van der Waals surface area contributed by atoms with Gasteiger partial charge in [0.1, 0.15) is 11.5 Å². The molecule has 1 atom stereocenters. The molecule has 0 aromatic heterocycles. The summed E-state index contributed by atoms with van der Waals surface area (Å²) in [6, 6.07) is 13.6. The molecule has 114 valence electrons. The van der Waals surface area contributed by atoms with Crippen LogP contribution in [0, 0.1) is 0 Å². The van der Waals surface area contributed by atoms with Crippen LogP contribution in [-0.2, 0) is 6.42 Å². The number of carbonyl (C=O) groups is 1. The predicted molar refractivity (Wildman–Crippen MR) is 82.3 cm³/mol. The fourth-order valence-corrected chi connectivity index (χ4v) is 2.67. The summed E-state index contributed by atoms with van der Waals surface area (Å²) in [6.45, 7) is 0. The second kappa shape index (κ2) is 5.60. The fraction of sp³-hybridized carbons (Fsp3) is 0.235. The molecule has 1 aliphatic heterocycles. The van der Waals surface area contributed by atoms with Crippen LogP contribution in [0.25, 0.3) is 11.1 Å². The van der Waals surface area contributed by atoms with Crippen molar-refractivity contribution in [2.45, 2.75) is 12.6 Å². The van der Waals surface area contributed by atoms with Crippen molar-refractivity contribution in [3.05, 3.63) is 48.0 Å². The third-order valence-electron chi connectivity index (χ3n) is 3.88. The zero-order valence-corrected chi connectivity index (χ0v) is 12.4. The number of para-hydroxylation sites is 2. The van der Waals surface area contributed by atoms with Gasteiger partial charge in [0.25, 0.3) is 0 Å². The molecule has 0 saturated heterocycles. The third kappa shape index (κ3) is 2.35. The van der Waals surface area contributed by atoms with E-state index in [0.29, 0.717) is 6.42 Å². The molecule has 1 unspecified atom stereocenters. The van der Waals surface area contributed by atoms with E-state index in [9.17, 15) is 4.79 Å². The molecule has 1 aliphatic rings. The second-order valence-corrected chi connectivity index (χ2v) is 5.16. The normalized spacial score (nSPS) is 15.8. The maximum absolute atomic E-state index is 11.1. The molecule has 3 rings (SSSR count). The van der Waals surface area contributed by atoms with Gasteiger partial charge in [0, 0.05) is 30.2 Å². The van der Waals surface area contributed by atoms with Crippen LogP contribution in [-0.4, -0.2) is 36.5 Å². The highest BCUT2D eigenvalue weighted by Crippen LogP contribution is 2.42. The average molecular weight is 299 g/mol. The lowest BCUT2D eigenvalue weighted by Crippen LogP contribution is -2.38. The molecule has 0 aliphatic carbocycles. The smallest absolute Gasteiger partial charge is 0.409 e. The molecule has 0 fully saturated rings. The van der Waals surface area contributed by atoms with E-state index in [1.807, 2.05) is 42.5 Å². The first-order valence-corrected chi connectivity index (χ1v) is 6.99. The standard InChI is InChI=1S/C17H17NO4/c1-18(17(19)20)15-10-11-6-5-8-13(16(11)22-15)12-7-3-4-9-14(12)21-2/h3-9,15H,10H2,1-2H3,(H,19,20). The third-order valence-corrected chi connectivity index (χ3v) is 3.88. The Balaban J connectivity index is 2.02. The summed E-state index contributed by atoms with van der Waals surface area (Å²) in [5.74, 6) is 1.49. The molecule has 0 radical (unpaired) electrons. The monoisotopic (exact) mass is 299 g/mol. The quantitative estimate of drug-likeness (QED) is 0.945. The maximum atomic E-state index is 11.1. The largest absolute Gasteiger partial charge is 0.496 e. The highest BCUT2D eigenvalue weighted by Gasteiger charge is 2.31. The second-order valence-electron chi connectivity index (χ2n) is 5.16. The predicted octanol–water partition coefficient (Wildman–Crippen LogP) is 3.23. The summed E-state index contributed by atoms with van der Waals surface area (Å²) in [5, 5.41) is 9.12. The highest BCUT2D eigenvalue weighted by atomic mass is 16.5. The van der Waals surface area contributed by atoms with Crippen molar-refractivity contribution < 1.29 is 19.4 Å². The van der Waals surface area contributed by atoms with E-state index >= 15 is 0 Å². The summed E-state index contributed by atoms with van der Waals surface area (Å²) < 4.78 is 11.3. The van der Waals surface area contributed by atoms with Crippen molar-refractivity contribution in [2.75, 3.05) is 14.2 Å². The lowest BCUT2D eigenvalue weighted by Gasteiger charge is -2.21. The number of likely N-dealkylation sites (N-methyl/N-ethyl adjacent to an activating group) is 1. The number of hydrogen-bond donors (Lipinski definition) is 1. The number of ether oxygens (including phenoxy) is 2. The van der Waals surface area contributed by atoms with E-state index in [-0.39, 0.29) is 0 Å². The molecule has 1 heterocycles. The first kappa shape index (κ1) is 14.3. The van der Waals surface area contributed by atoms with Gasteiger partial charge in [-0.05, 0) is 6.07 Å². The van der Waals surface area contributed by atoms with Crippen molar-refractivity contribution in [2.24, 2.45) is 0 Å². The molecule has 5 heteroatoms. The van der Waals surface area contributed by atoms with Gasteiger partial charge in [0.2, 0.25) is 0 Å². The first-order valence-electron chi connectivity index (χ1n) is 6.99. The lowest BCUT2D eigenvalue weighted by atomic mass is 10.0. The lowest BCUT2D eigenvalue weighted by molar-refractivity contribution is 0.0610. The zero-order chi connectivity index (χ0) is 15.7. The highest BCUT2D eigenvalue weighted by molar-refractivity contribution is 5.78. The molecule has 0 bridgehead atoms. The van der Waals surface area contributed by atoms with Crippen LogP contribution >= 0.6 is 0 Å². The van der Waals surface area contributed by atoms with Gasteiger partial charge in [0.15, 0.2) is 6.23 Å². The minimum absolute atomic E-state index is 0.497. The Morgan fingerprint density at radius 1 is 1.23 bits per heavy atom. The van der Waals surface area contributed by atoms with Crippen molar-refractivity contribution in [1.82, 2.24) is 4.90 Å². The maximum Gasteiger partial charge on any atom is 0.409 e. The van der Waals surface area contributed by atoms with Crippen LogP contribution in [0.15, 0.2) is 42.5 Å². The van der Waals surface area contributed by atoms with Crippen LogP contribution < -0.4 is 9.47 Å². The minimum atomic E-state index is -1.00. The van der Waals surface area contributed by atoms with E-state index in [2.05, 4.69) is 0 Å². The van der Waals surface area contributed by atoms with Crippen molar-refractivity contribution in [3.63, 3.8) is 0 Å². The summed E-state index contributed by atoms with van der Waals surface area (Å²) in [7, 11) is 3.14. The van der Waals surface area contributed by atoms with Crippen LogP contribution in [0.5, 0.6) is 11.5 Å². The van der Waals surface area contributed by atoms with Crippen LogP contribution in [0.4, 0.5) is 4.79 Å². The van der Waals surface area contributed by atoms with E-state index in [1.54, 1.807) is 7.11 Å². The molecule has 2 aromatic carbocycles. The number of carboxylic acid groups (broad SMARTS) is 1. The molecule has 0 spiro atoms. The van der Waals surface area contributed by atoms with Gasteiger partial charge in [-0.3, -0.25) is 4.90 Å². The summed E-state index contributed by atoms with van der Waals surface area (Å²) in [5.41, 5.74) is 2.85. The van der Waals surface area contributed by atoms with Crippen molar-refractivity contribution in [3.8, 4) is 22.6 Å². The van der Waals surface area contributed by atoms with Crippen LogP contribution in [0.3, 0.4) is 0 Å². The van der Waals surface area contributed by atoms with Crippen molar-refractivity contribution in [1.29, 1.82) is 0 Å². The van der Waals surface area contributed by atoms with E-state index in [0.717, 1.165) is 28.2 Å². The molecule has 1 amide bonds. The summed E-state index contributed by atoms with van der Waals surface area (Å²) >= 11 is 0. The molecular weight excluding hydrogens is 282 g/mol. The number of methoxy groups -OCH3 is 1. The van der Waals surface area contributed by atoms with Gasteiger partial charge in [-0.15, -0.1) is 0 Å². The first-order chi connectivity index (χ1) is 10.6. The SMILES string of the molecule is COc1ccccc1-c1cccc2c1OC(N(C)C(=O)O)C2. The summed E-state index contributed by atoms with van der Waals surface area (Å²) in [4.78, 5) is 12.3. The topological polar surface area (TPSA) is 59.0 Å². The zero-order valence-electron chi connectivity index (χ0n) is 12.4. The van der Waals surface area contributed by atoms with E-state index < -0.39 is 12.3 Å². The van der Waals surface area contributed by atoms with Gasteiger partial charge >= 0.3 is 6.09 Å². The Bertz CT molecular complexity index is 714. The van der Waals surface area contributed by atoms with Crippen LogP contribution in [0.1, 0.15) is 5.56 Å². The van der Waals surface area contributed by atoms with E-state index in [4.69, 9.17) is 14.6 Å². The van der Waals surface area contributed by atoms with Crippen LogP contribution in [0.2, 0.25) is 0 Å². The molecule has 1 N–H and O–H groups in total. The number of amides is 1. The minimum Gasteiger partial charge on any atom is -0.496 e.